The van der Waals surface area contributed by atoms with Crippen molar-refractivity contribution in [2.24, 2.45) is 0 Å². The first-order chi connectivity index (χ1) is 8.60. The first-order valence-corrected chi connectivity index (χ1v) is 5.65. The highest BCUT2D eigenvalue weighted by Gasteiger charge is 2.07. The Morgan fingerprint density at radius 3 is 2.28 bits per heavy atom. The van der Waals surface area contributed by atoms with E-state index in [0.717, 1.165) is 17.4 Å². The molecule has 0 aliphatic heterocycles. The van der Waals surface area contributed by atoms with Crippen LogP contribution in [0.5, 0.6) is 11.5 Å². The minimum Gasteiger partial charge on any atom is -0.508 e. The van der Waals surface area contributed by atoms with Crippen molar-refractivity contribution in [2.75, 3.05) is 0 Å². The minimum absolute atomic E-state index is 0.126. The number of carbonyl (C=O) groups excluding carboxylic acids is 1. The monoisotopic (exact) mass is 242 g/mol. The van der Waals surface area contributed by atoms with Gasteiger partial charge in [-0.3, -0.25) is 4.79 Å². The number of phenolic OH excluding ortho intramolecular Hbond substituents is 2. The minimum atomic E-state index is 0.126. The molecule has 0 bridgehead atoms. The quantitative estimate of drug-likeness (QED) is 0.814. The lowest BCUT2D eigenvalue weighted by Crippen LogP contribution is -1.92. The molecular weight excluding hydrogens is 228 g/mol. The van der Waals surface area contributed by atoms with Crippen LogP contribution in [0.15, 0.2) is 36.4 Å². The topological polar surface area (TPSA) is 57.5 Å². The number of aryl methyl sites for hydroxylation is 1. The lowest BCUT2D eigenvalue weighted by atomic mass is 10.00. The zero-order chi connectivity index (χ0) is 13.1. The Kier molecular flexibility index (Phi) is 3.33. The Morgan fingerprint density at radius 1 is 1.00 bits per heavy atom. The second kappa shape index (κ2) is 4.92. The van der Waals surface area contributed by atoms with Gasteiger partial charge in [-0.05, 0) is 42.3 Å². The molecule has 0 atom stereocenters. The van der Waals surface area contributed by atoms with Crippen molar-refractivity contribution in [3.05, 3.63) is 58.7 Å². The Morgan fingerprint density at radius 2 is 1.61 bits per heavy atom. The Hall–Kier alpha value is -2.29. The van der Waals surface area contributed by atoms with Crippen LogP contribution in [0.25, 0.3) is 0 Å². The Bertz CT molecular complexity index is 588. The normalized spacial score (nSPS) is 10.3. The van der Waals surface area contributed by atoms with Gasteiger partial charge in [-0.15, -0.1) is 0 Å². The average Bonchev–Trinajstić information content (AvgIpc) is 2.36. The van der Waals surface area contributed by atoms with Gasteiger partial charge in [0.05, 0.1) is 0 Å². The summed E-state index contributed by atoms with van der Waals surface area (Å²) in [5, 5.41) is 19.5. The largest absolute Gasteiger partial charge is 0.508 e. The number of hydrogen-bond donors (Lipinski definition) is 2. The van der Waals surface area contributed by atoms with Crippen molar-refractivity contribution in [1.82, 2.24) is 0 Å². The molecule has 0 saturated carbocycles. The maximum atomic E-state index is 10.7. The summed E-state index contributed by atoms with van der Waals surface area (Å²) >= 11 is 0. The van der Waals surface area contributed by atoms with Crippen LogP contribution >= 0.6 is 0 Å². The van der Waals surface area contributed by atoms with Crippen molar-refractivity contribution in [3.63, 3.8) is 0 Å². The third-order valence-corrected chi connectivity index (χ3v) is 2.86. The van der Waals surface area contributed by atoms with Gasteiger partial charge < -0.3 is 10.2 Å². The van der Waals surface area contributed by atoms with Crippen LogP contribution in [0.2, 0.25) is 0 Å². The molecule has 0 heterocycles. The van der Waals surface area contributed by atoms with Crippen LogP contribution in [0.1, 0.15) is 27.0 Å². The highest BCUT2D eigenvalue weighted by atomic mass is 16.3. The summed E-state index contributed by atoms with van der Waals surface area (Å²) in [6.07, 6.45) is 1.13. The van der Waals surface area contributed by atoms with Crippen LogP contribution in [-0.4, -0.2) is 16.5 Å². The average molecular weight is 242 g/mol. The molecule has 2 N–H and O–H groups in total. The summed E-state index contributed by atoms with van der Waals surface area (Å²) in [5.41, 5.74) is 2.90. The fourth-order valence-corrected chi connectivity index (χ4v) is 1.88. The zero-order valence-electron chi connectivity index (χ0n) is 10.1. The van der Waals surface area contributed by atoms with Crippen molar-refractivity contribution in [3.8, 4) is 11.5 Å². The van der Waals surface area contributed by atoms with E-state index in [2.05, 4.69) is 0 Å². The number of aromatic hydroxyl groups is 2. The maximum Gasteiger partial charge on any atom is 0.150 e. The van der Waals surface area contributed by atoms with Crippen LogP contribution in [0, 0.1) is 6.92 Å². The number of carbonyl (C=O) groups is 1. The Labute approximate surface area is 105 Å². The van der Waals surface area contributed by atoms with E-state index in [9.17, 15) is 15.0 Å². The summed E-state index contributed by atoms with van der Waals surface area (Å²) in [5.74, 6) is 0.318. The lowest BCUT2D eigenvalue weighted by Gasteiger charge is -2.08. The molecule has 0 radical (unpaired) electrons. The van der Waals surface area contributed by atoms with Crippen molar-refractivity contribution in [2.45, 2.75) is 13.3 Å². The molecule has 0 amide bonds. The molecule has 3 heteroatoms. The first kappa shape index (κ1) is 12.2. The zero-order valence-corrected chi connectivity index (χ0v) is 10.1. The van der Waals surface area contributed by atoms with E-state index in [1.54, 1.807) is 18.2 Å². The molecule has 0 aliphatic rings. The van der Waals surface area contributed by atoms with Crippen molar-refractivity contribution < 1.29 is 15.0 Å². The summed E-state index contributed by atoms with van der Waals surface area (Å²) in [7, 11) is 0. The van der Waals surface area contributed by atoms with E-state index in [4.69, 9.17) is 0 Å². The fourth-order valence-electron chi connectivity index (χ4n) is 1.88. The molecule has 18 heavy (non-hydrogen) atoms. The third-order valence-electron chi connectivity index (χ3n) is 2.86. The van der Waals surface area contributed by atoms with E-state index in [0.29, 0.717) is 17.5 Å². The maximum absolute atomic E-state index is 10.7. The predicted octanol–water partition coefficient (Wildman–Crippen LogP) is 2.81. The second-order valence-electron chi connectivity index (χ2n) is 4.31. The third kappa shape index (κ3) is 2.51. The number of phenols is 2. The van der Waals surface area contributed by atoms with Crippen LogP contribution < -0.4 is 0 Å². The summed E-state index contributed by atoms with van der Waals surface area (Å²) in [6, 6.07) is 9.99. The lowest BCUT2D eigenvalue weighted by molar-refractivity contribution is 0.112. The number of benzene rings is 2. The fraction of sp³-hybridized carbons (Fsp3) is 0.133. The predicted molar refractivity (Wildman–Crippen MR) is 69.1 cm³/mol. The number of hydrogen-bond acceptors (Lipinski definition) is 3. The molecule has 0 aromatic heterocycles. The molecule has 2 aromatic carbocycles. The van der Waals surface area contributed by atoms with Gasteiger partial charge in [-0.25, -0.2) is 0 Å². The van der Waals surface area contributed by atoms with Gasteiger partial charge in [0.25, 0.3) is 0 Å². The molecule has 0 fully saturated rings. The van der Waals surface area contributed by atoms with Crippen molar-refractivity contribution in [1.29, 1.82) is 0 Å². The van der Waals surface area contributed by atoms with E-state index in [1.165, 1.54) is 6.07 Å². The van der Waals surface area contributed by atoms with E-state index >= 15 is 0 Å². The number of aldehydes is 1. The molecule has 92 valence electrons. The first-order valence-electron chi connectivity index (χ1n) is 5.65. The highest BCUT2D eigenvalue weighted by molar-refractivity contribution is 5.75. The van der Waals surface area contributed by atoms with Crippen LogP contribution in [-0.2, 0) is 6.42 Å². The van der Waals surface area contributed by atoms with Gasteiger partial charge in [-0.1, -0.05) is 17.7 Å². The van der Waals surface area contributed by atoms with Gasteiger partial charge >= 0.3 is 0 Å². The second-order valence-corrected chi connectivity index (χ2v) is 4.31. The number of rotatable bonds is 3. The highest BCUT2D eigenvalue weighted by Crippen LogP contribution is 2.26. The molecule has 0 aliphatic carbocycles. The van der Waals surface area contributed by atoms with Gasteiger partial charge in [0.2, 0.25) is 0 Å². The van der Waals surface area contributed by atoms with Gasteiger partial charge in [0.15, 0.2) is 0 Å². The standard InChI is InChI=1S/C15H14O3/c1-10-2-4-14(17)12(6-10)8-13-7-11(9-16)3-5-15(13)18/h2-7,9,17-18H,8H2,1H3. The van der Waals surface area contributed by atoms with Gasteiger partial charge in [0.1, 0.15) is 17.8 Å². The molecule has 0 spiro atoms. The molecule has 2 rings (SSSR count). The molecule has 0 unspecified atom stereocenters. The van der Waals surface area contributed by atoms with E-state index < -0.39 is 0 Å². The van der Waals surface area contributed by atoms with E-state index in [1.807, 2.05) is 19.1 Å². The van der Waals surface area contributed by atoms with Crippen LogP contribution in [0.3, 0.4) is 0 Å². The molecule has 0 saturated heterocycles. The van der Waals surface area contributed by atoms with E-state index in [-0.39, 0.29) is 11.5 Å². The van der Waals surface area contributed by atoms with Crippen molar-refractivity contribution >= 4 is 6.29 Å². The summed E-state index contributed by atoms with van der Waals surface area (Å²) in [4.78, 5) is 10.7. The van der Waals surface area contributed by atoms with Crippen LogP contribution in [0.4, 0.5) is 0 Å². The van der Waals surface area contributed by atoms with Gasteiger partial charge in [0, 0.05) is 12.0 Å². The molecule has 3 nitrogen and oxygen atoms in total. The SMILES string of the molecule is Cc1ccc(O)c(Cc2cc(C=O)ccc2O)c1. The molecule has 2 aromatic rings. The smallest absolute Gasteiger partial charge is 0.150 e. The summed E-state index contributed by atoms with van der Waals surface area (Å²) < 4.78 is 0. The Balaban J connectivity index is 2.38. The van der Waals surface area contributed by atoms with Gasteiger partial charge in [-0.2, -0.15) is 0 Å². The summed E-state index contributed by atoms with van der Waals surface area (Å²) in [6.45, 7) is 1.94. The molecular formula is C15H14O3.